The first-order chi connectivity index (χ1) is 12.1. The Morgan fingerprint density at radius 2 is 1.84 bits per heavy atom. The van der Waals surface area contributed by atoms with E-state index in [0.717, 1.165) is 39.4 Å². The number of aromatic amines is 1. The van der Waals surface area contributed by atoms with Gasteiger partial charge < -0.3 is 4.98 Å². The van der Waals surface area contributed by atoms with Gasteiger partial charge in [-0.25, -0.2) is 8.78 Å². The second-order valence-electron chi connectivity index (χ2n) is 5.92. The molecular weight excluding hydrogens is 340 g/mol. The number of fused-ring (bicyclic) bond motifs is 3. The summed E-state index contributed by atoms with van der Waals surface area (Å²) in [7, 11) is 0. The smallest absolute Gasteiger partial charge is 0.266 e. The number of rotatable bonds is 3. The minimum Gasteiger partial charge on any atom is -0.321 e. The van der Waals surface area contributed by atoms with E-state index in [4.69, 9.17) is 0 Å². The van der Waals surface area contributed by atoms with Gasteiger partial charge in [-0.2, -0.15) is 0 Å². The van der Waals surface area contributed by atoms with Crippen LogP contribution in [0.25, 0.3) is 32.1 Å². The fourth-order valence-electron chi connectivity index (χ4n) is 3.31. The first-order valence-electron chi connectivity index (χ1n) is 8.03. The van der Waals surface area contributed by atoms with Crippen LogP contribution in [0.5, 0.6) is 0 Å². The Balaban J connectivity index is 2.10. The molecule has 4 rings (SSSR count). The van der Waals surface area contributed by atoms with Gasteiger partial charge in [-0.3, -0.25) is 4.79 Å². The fraction of sp³-hybridized carbons (Fsp3) is 0.150. The molecule has 2 nitrogen and oxygen atoms in total. The molecule has 25 heavy (non-hydrogen) atoms. The molecule has 2 aromatic carbocycles. The van der Waals surface area contributed by atoms with E-state index in [1.165, 1.54) is 23.5 Å². The second kappa shape index (κ2) is 6.08. The zero-order chi connectivity index (χ0) is 17.6. The van der Waals surface area contributed by atoms with Crippen molar-refractivity contribution >= 4 is 32.3 Å². The van der Waals surface area contributed by atoms with E-state index in [1.54, 1.807) is 12.1 Å². The number of H-pyrrole nitrogens is 1. The molecular formula is C20H15F2NOS. The van der Waals surface area contributed by atoms with Crippen LogP contribution >= 0.6 is 11.3 Å². The molecule has 5 heteroatoms. The Labute approximate surface area is 146 Å². The molecule has 0 aliphatic carbocycles. The summed E-state index contributed by atoms with van der Waals surface area (Å²) in [4.78, 5) is 15.2. The molecule has 1 N–H and O–H groups in total. The molecule has 2 heterocycles. The number of halogens is 2. The Kier molecular flexibility index (Phi) is 3.88. The molecule has 0 saturated heterocycles. The number of nitrogens with one attached hydrogen (secondary N) is 1. The number of pyridine rings is 1. The topological polar surface area (TPSA) is 32.9 Å². The van der Waals surface area contributed by atoms with Gasteiger partial charge in [0.15, 0.2) is 0 Å². The van der Waals surface area contributed by atoms with E-state index in [1.807, 2.05) is 23.6 Å². The monoisotopic (exact) mass is 355 g/mol. The summed E-state index contributed by atoms with van der Waals surface area (Å²) in [6, 6.07) is 12.3. The van der Waals surface area contributed by atoms with Gasteiger partial charge in [-0.15, -0.1) is 11.3 Å². The van der Waals surface area contributed by atoms with Crippen LogP contribution in [0.1, 0.15) is 24.5 Å². The number of hydrogen-bond acceptors (Lipinski definition) is 2. The zero-order valence-electron chi connectivity index (χ0n) is 13.5. The van der Waals surface area contributed by atoms with Crippen LogP contribution in [0.2, 0.25) is 0 Å². The maximum absolute atomic E-state index is 12.9. The molecule has 0 bridgehead atoms. The Hall–Kier alpha value is -2.53. The molecule has 0 saturated carbocycles. The van der Waals surface area contributed by atoms with Crippen LogP contribution in [-0.2, 0) is 6.42 Å². The first kappa shape index (κ1) is 16.0. The number of aryl methyl sites for hydroxylation is 1. The van der Waals surface area contributed by atoms with E-state index in [2.05, 4.69) is 11.9 Å². The van der Waals surface area contributed by atoms with Crippen molar-refractivity contribution in [3.8, 4) is 11.1 Å². The number of thiophene rings is 1. The van der Waals surface area contributed by atoms with Gasteiger partial charge in [0.1, 0.15) is 4.70 Å². The lowest BCUT2D eigenvalue weighted by Gasteiger charge is -2.14. The number of alkyl halides is 2. The molecule has 0 aliphatic rings. The highest BCUT2D eigenvalue weighted by atomic mass is 32.1. The van der Waals surface area contributed by atoms with Crippen LogP contribution in [-0.4, -0.2) is 4.98 Å². The summed E-state index contributed by atoms with van der Waals surface area (Å²) in [6.45, 7) is 2.06. The Morgan fingerprint density at radius 1 is 1.08 bits per heavy atom. The quantitative estimate of drug-likeness (QED) is 0.487. The Bertz CT molecular complexity index is 1130. The van der Waals surface area contributed by atoms with Crippen LogP contribution in [0, 0.1) is 0 Å². The first-order valence-corrected chi connectivity index (χ1v) is 8.91. The maximum atomic E-state index is 12.9. The van der Waals surface area contributed by atoms with E-state index < -0.39 is 6.43 Å². The van der Waals surface area contributed by atoms with Gasteiger partial charge in [0.2, 0.25) is 0 Å². The highest BCUT2D eigenvalue weighted by Crippen LogP contribution is 2.37. The fourth-order valence-corrected chi connectivity index (χ4v) is 4.11. The van der Waals surface area contributed by atoms with Gasteiger partial charge in [0.05, 0.1) is 0 Å². The summed E-state index contributed by atoms with van der Waals surface area (Å²) < 4.78 is 26.4. The van der Waals surface area contributed by atoms with E-state index >= 15 is 0 Å². The standard InChI is InChI=1S/C20H15F2NOS/c1-2-11-7-8-15-17(14-9-10-25-18(14)20(24)23-15)16(11)12-3-5-13(6-4-12)19(21)22/h3-10,19H,2H2,1H3,(H,23,24). The van der Waals surface area contributed by atoms with Gasteiger partial charge in [0.25, 0.3) is 12.0 Å². The molecule has 2 aromatic heterocycles. The molecule has 0 atom stereocenters. The summed E-state index contributed by atoms with van der Waals surface area (Å²) in [5, 5.41) is 3.79. The van der Waals surface area contributed by atoms with Crippen LogP contribution in [0.3, 0.4) is 0 Å². The normalized spacial score (nSPS) is 11.7. The van der Waals surface area contributed by atoms with Crippen molar-refractivity contribution < 1.29 is 8.78 Å². The predicted molar refractivity (Wildman–Crippen MR) is 99.7 cm³/mol. The molecule has 126 valence electrons. The average molecular weight is 355 g/mol. The molecule has 4 aromatic rings. The van der Waals surface area contributed by atoms with Crippen molar-refractivity contribution in [1.82, 2.24) is 4.98 Å². The van der Waals surface area contributed by atoms with Crippen LogP contribution < -0.4 is 5.56 Å². The summed E-state index contributed by atoms with van der Waals surface area (Å²) in [5.41, 5.74) is 3.68. The zero-order valence-corrected chi connectivity index (χ0v) is 14.3. The molecule has 0 aliphatic heterocycles. The van der Waals surface area contributed by atoms with Gasteiger partial charge in [0, 0.05) is 21.9 Å². The minimum absolute atomic E-state index is 0.0103. The van der Waals surface area contributed by atoms with Gasteiger partial charge in [-0.05, 0) is 40.6 Å². The molecule has 0 spiro atoms. The SMILES string of the molecule is CCc1ccc2[nH]c(=O)c3sccc3c2c1-c1ccc(C(F)F)cc1. The second-order valence-corrected chi connectivity index (χ2v) is 6.83. The highest BCUT2D eigenvalue weighted by Gasteiger charge is 2.15. The highest BCUT2D eigenvalue weighted by molar-refractivity contribution is 7.17. The van der Waals surface area contributed by atoms with E-state index in [-0.39, 0.29) is 11.1 Å². The van der Waals surface area contributed by atoms with Gasteiger partial charge >= 0.3 is 0 Å². The molecule has 0 fully saturated rings. The van der Waals surface area contributed by atoms with Crippen molar-refractivity contribution in [3.63, 3.8) is 0 Å². The number of benzene rings is 2. The molecule has 0 amide bonds. The lowest BCUT2D eigenvalue weighted by Crippen LogP contribution is -2.05. The van der Waals surface area contributed by atoms with Crippen molar-refractivity contribution in [2.24, 2.45) is 0 Å². The minimum atomic E-state index is -2.48. The van der Waals surface area contributed by atoms with Crippen molar-refractivity contribution in [1.29, 1.82) is 0 Å². The molecule has 0 unspecified atom stereocenters. The van der Waals surface area contributed by atoms with Crippen molar-refractivity contribution in [3.05, 3.63) is 69.3 Å². The maximum Gasteiger partial charge on any atom is 0.266 e. The predicted octanol–water partition coefficient (Wildman–Crippen LogP) is 5.91. The third-order valence-corrected chi connectivity index (χ3v) is 5.43. The van der Waals surface area contributed by atoms with E-state index in [9.17, 15) is 13.6 Å². The lowest BCUT2D eigenvalue weighted by atomic mass is 9.92. The third kappa shape index (κ3) is 2.55. The summed E-state index contributed by atoms with van der Waals surface area (Å²) in [5.74, 6) is 0. The van der Waals surface area contributed by atoms with Crippen LogP contribution in [0.4, 0.5) is 8.78 Å². The largest absolute Gasteiger partial charge is 0.321 e. The molecule has 0 radical (unpaired) electrons. The Morgan fingerprint density at radius 3 is 2.52 bits per heavy atom. The van der Waals surface area contributed by atoms with Gasteiger partial charge in [-0.1, -0.05) is 37.3 Å². The van der Waals surface area contributed by atoms with E-state index in [0.29, 0.717) is 4.70 Å². The number of aromatic nitrogens is 1. The number of hydrogen-bond donors (Lipinski definition) is 1. The van der Waals surface area contributed by atoms with Crippen molar-refractivity contribution in [2.45, 2.75) is 19.8 Å². The summed E-state index contributed by atoms with van der Waals surface area (Å²) >= 11 is 1.41. The third-order valence-electron chi connectivity index (χ3n) is 4.51. The summed E-state index contributed by atoms with van der Waals surface area (Å²) in [6.07, 6.45) is -1.67. The lowest BCUT2D eigenvalue weighted by molar-refractivity contribution is 0.151. The van der Waals surface area contributed by atoms with Crippen molar-refractivity contribution in [2.75, 3.05) is 0 Å². The average Bonchev–Trinajstić information content (AvgIpc) is 3.11. The van der Waals surface area contributed by atoms with Crippen LogP contribution in [0.15, 0.2) is 52.6 Å².